The van der Waals surface area contributed by atoms with Gasteiger partial charge in [-0.05, 0) is 40.2 Å². The van der Waals surface area contributed by atoms with Crippen molar-refractivity contribution in [2.24, 2.45) is 7.05 Å². The third kappa shape index (κ3) is 4.35. The molecule has 1 aromatic heterocycles. The van der Waals surface area contributed by atoms with Crippen LogP contribution >= 0.6 is 11.8 Å². The van der Waals surface area contributed by atoms with Crippen molar-refractivity contribution in [2.75, 3.05) is 5.75 Å². The average Bonchev–Trinajstić information content (AvgIpc) is 2.56. The lowest BCUT2D eigenvalue weighted by Gasteiger charge is -2.25. The minimum atomic E-state index is -0.450. The molecule has 0 aliphatic carbocycles. The summed E-state index contributed by atoms with van der Waals surface area (Å²) in [6.07, 6.45) is 0.816. The molecular formula is C13H22N4S. The number of aryl methyl sites for hydroxylation is 2. The molecule has 0 aliphatic heterocycles. The monoisotopic (exact) mass is 266 g/mol. The SMILES string of the molecule is Cc1cc(SCCC(C)(C#N)NC(C)C)n(C)n1. The molecule has 1 unspecified atom stereocenters. The van der Waals surface area contributed by atoms with Crippen LogP contribution in [0.25, 0.3) is 0 Å². The fourth-order valence-electron chi connectivity index (χ4n) is 1.88. The number of nitrogens with zero attached hydrogens (tertiary/aromatic N) is 3. The van der Waals surface area contributed by atoms with E-state index in [1.54, 1.807) is 11.8 Å². The molecule has 18 heavy (non-hydrogen) atoms. The van der Waals surface area contributed by atoms with Gasteiger partial charge in [0.2, 0.25) is 0 Å². The van der Waals surface area contributed by atoms with Gasteiger partial charge in [0.15, 0.2) is 0 Å². The highest BCUT2D eigenvalue weighted by Gasteiger charge is 2.24. The highest BCUT2D eigenvalue weighted by atomic mass is 32.2. The van der Waals surface area contributed by atoms with Crippen molar-refractivity contribution in [3.63, 3.8) is 0 Å². The lowest BCUT2D eigenvalue weighted by atomic mass is 10.0. The Hall–Kier alpha value is -0.990. The van der Waals surface area contributed by atoms with Gasteiger partial charge in [0, 0.05) is 18.8 Å². The van der Waals surface area contributed by atoms with E-state index in [0.717, 1.165) is 22.9 Å². The summed E-state index contributed by atoms with van der Waals surface area (Å²) >= 11 is 1.75. The fraction of sp³-hybridized carbons (Fsp3) is 0.692. The van der Waals surface area contributed by atoms with E-state index in [4.69, 9.17) is 0 Å². The lowest BCUT2D eigenvalue weighted by Crippen LogP contribution is -2.45. The van der Waals surface area contributed by atoms with Crippen molar-refractivity contribution in [2.45, 2.75) is 50.7 Å². The summed E-state index contributed by atoms with van der Waals surface area (Å²) < 4.78 is 1.89. The summed E-state index contributed by atoms with van der Waals surface area (Å²) in [6, 6.07) is 4.76. The average molecular weight is 266 g/mol. The second-order valence-electron chi connectivity index (χ2n) is 5.09. The normalized spacial score (nSPS) is 14.5. The first kappa shape index (κ1) is 15.1. The molecule has 0 bridgehead atoms. The summed E-state index contributed by atoms with van der Waals surface area (Å²) in [4.78, 5) is 0. The Morgan fingerprint density at radius 3 is 2.72 bits per heavy atom. The molecule has 0 saturated heterocycles. The molecule has 0 radical (unpaired) electrons. The first-order chi connectivity index (χ1) is 8.36. The van der Waals surface area contributed by atoms with Crippen LogP contribution in [0.15, 0.2) is 11.1 Å². The molecule has 0 saturated carbocycles. The predicted molar refractivity (Wildman–Crippen MR) is 75.6 cm³/mol. The molecule has 0 spiro atoms. The summed E-state index contributed by atoms with van der Waals surface area (Å²) in [7, 11) is 1.95. The van der Waals surface area contributed by atoms with Gasteiger partial charge in [0.25, 0.3) is 0 Å². The van der Waals surface area contributed by atoms with Crippen LogP contribution in [0.3, 0.4) is 0 Å². The smallest absolute Gasteiger partial charge is 0.104 e. The zero-order valence-electron chi connectivity index (χ0n) is 11.8. The van der Waals surface area contributed by atoms with Gasteiger partial charge in [0.1, 0.15) is 5.54 Å². The van der Waals surface area contributed by atoms with Gasteiger partial charge >= 0.3 is 0 Å². The number of rotatable bonds is 6. The van der Waals surface area contributed by atoms with E-state index in [1.807, 2.05) is 25.6 Å². The quantitative estimate of drug-likeness (QED) is 0.804. The molecule has 1 N–H and O–H groups in total. The zero-order valence-corrected chi connectivity index (χ0v) is 12.6. The number of hydrogen-bond acceptors (Lipinski definition) is 4. The van der Waals surface area contributed by atoms with Gasteiger partial charge in [-0.3, -0.25) is 10.00 Å². The molecule has 0 amide bonds. The molecular weight excluding hydrogens is 244 g/mol. The molecule has 1 atom stereocenters. The number of hydrogen-bond donors (Lipinski definition) is 1. The Labute approximate surface area is 114 Å². The lowest BCUT2D eigenvalue weighted by molar-refractivity contribution is 0.397. The molecule has 100 valence electrons. The van der Waals surface area contributed by atoms with E-state index < -0.39 is 5.54 Å². The minimum Gasteiger partial charge on any atom is -0.297 e. The number of aromatic nitrogens is 2. The minimum absolute atomic E-state index is 0.318. The Kier molecular flexibility index (Phi) is 5.24. The highest BCUT2D eigenvalue weighted by molar-refractivity contribution is 7.99. The fourth-order valence-corrected chi connectivity index (χ4v) is 3.08. The van der Waals surface area contributed by atoms with E-state index in [-0.39, 0.29) is 0 Å². The van der Waals surface area contributed by atoms with Crippen LogP contribution in [0.4, 0.5) is 0 Å². The van der Waals surface area contributed by atoms with Crippen LogP contribution < -0.4 is 5.32 Å². The zero-order chi connectivity index (χ0) is 13.8. The van der Waals surface area contributed by atoms with E-state index >= 15 is 0 Å². The molecule has 1 heterocycles. The third-order valence-corrected chi connectivity index (χ3v) is 3.75. The van der Waals surface area contributed by atoms with E-state index in [1.165, 1.54) is 0 Å². The van der Waals surface area contributed by atoms with Crippen LogP contribution in [-0.2, 0) is 7.05 Å². The van der Waals surface area contributed by atoms with E-state index in [0.29, 0.717) is 6.04 Å². The molecule has 0 fully saturated rings. The van der Waals surface area contributed by atoms with Gasteiger partial charge in [-0.2, -0.15) is 10.4 Å². The molecule has 4 nitrogen and oxygen atoms in total. The summed E-state index contributed by atoms with van der Waals surface area (Å²) in [5, 5.41) is 18.0. The van der Waals surface area contributed by atoms with Gasteiger partial charge in [0.05, 0.1) is 16.8 Å². The van der Waals surface area contributed by atoms with Crippen molar-refractivity contribution in [1.82, 2.24) is 15.1 Å². The molecule has 1 aromatic rings. The second kappa shape index (κ2) is 6.26. The topological polar surface area (TPSA) is 53.6 Å². The van der Waals surface area contributed by atoms with Gasteiger partial charge in [-0.1, -0.05) is 0 Å². The summed E-state index contributed by atoms with van der Waals surface area (Å²) in [5.74, 6) is 0.906. The standard InChI is InChI=1S/C13H22N4S/c1-10(2)15-13(4,9-14)6-7-18-12-8-11(3)16-17(12)5/h8,10,15H,6-7H2,1-5H3. The predicted octanol–water partition coefficient (Wildman–Crippen LogP) is 2.49. The van der Waals surface area contributed by atoms with Crippen molar-refractivity contribution < 1.29 is 0 Å². The van der Waals surface area contributed by atoms with Crippen molar-refractivity contribution >= 4 is 11.8 Å². The van der Waals surface area contributed by atoms with Crippen molar-refractivity contribution in [3.8, 4) is 6.07 Å². The van der Waals surface area contributed by atoms with Gasteiger partial charge in [-0.15, -0.1) is 11.8 Å². The van der Waals surface area contributed by atoms with Crippen LogP contribution in [0, 0.1) is 18.3 Å². The van der Waals surface area contributed by atoms with Crippen molar-refractivity contribution in [3.05, 3.63) is 11.8 Å². The third-order valence-electron chi connectivity index (χ3n) is 2.67. The summed E-state index contributed by atoms with van der Waals surface area (Å²) in [5.41, 5.74) is 0.581. The molecule has 0 aliphatic rings. The first-order valence-electron chi connectivity index (χ1n) is 6.19. The first-order valence-corrected chi connectivity index (χ1v) is 7.17. The summed E-state index contributed by atoms with van der Waals surface area (Å²) in [6.45, 7) is 8.08. The van der Waals surface area contributed by atoms with E-state index in [2.05, 4.69) is 36.4 Å². The number of nitrogens with one attached hydrogen (secondary N) is 1. The Morgan fingerprint density at radius 2 is 2.28 bits per heavy atom. The van der Waals surface area contributed by atoms with Gasteiger partial charge < -0.3 is 0 Å². The molecule has 5 heteroatoms. The second-order valence-corrected chi connectivity index (χ2v) is 6.20. The number of nitriles is 1. The maximum atomic E-state index is 9.25. The Balaban J connectivity index is 2.50. The molecule has 0 aromatic carbocycles. The largest absolute Gasteiger partial charge is 0.297 e. The maximum Gasteiger partial charge on any atom is 0.104 e. The Morgan fingerprint density at radius 1 is 1.61 bits per heavy atom. The molecule has 1 rings (SSSR count). The van der Waals surface area contributed by atoms with Crippen LogP contribution in [-0.4, -0.2) is 27.1 Å². The van der Waals surface area contributed by atoms with Crippen LogP contribution in [0.2, 0.25) is 0 Å². The maximum absolute atomic E-state index is 9.25. The van der Waals surface area contributed by atoms with E-state index in [9.17, 15) is 5.26 Å². The van der Waals surface area contributed by atoms with Crippen LogP contribution in [0.1, 0.15) is 32.9 Å². The van der Waals surface area contributed by atoms with Crippen LogP contribution in [0.5, 0.6) is 0 Å². The number of thioether (sulfide) groups is 1. The Bertz CT molecular complexity index is 433. The highest BCUT2D eigenvalue weighted by Crippen LogP contribution is 2.22. The van der Waals surface area contributed by atoms with Crippen molar-refractivity contribution in [1.29, 1.82) is 5.26 Å². The van der Waals surface area contributed by atoms with Gasteiger partial charge in [-0.25, -0.2) is 0 Å².